The third-order valence-electron chi connectivity index (χ3n) is 4.55. The fraction of sp³-hybridized carbons (Fsp3) is 0.0435. The average molecular weight is 357 g/mol. The molecule has 0 saturated carbocycles. The normalized spacial score (nSPS) is 15.2. The summed E-state index contributed by atoms with van der Waals surface area (Å²) >= 11 is 0. The van der Waals surface area contributed by atoms with E-state index in [2.05, 4.69) is 0 Å². The van der Waals surface area contributed by atoms with Gasteiger partial charge in [-0.25, -0.2) is 9.29 Å². The van der Waals surface area contributed by atoms with Crippen LogP contribution in [0.15, 0.2) is 72.8 Å². The molecule has 0 bridgehead atoms. The van der Waals surface area contributed by atoms with E-state index in [0.717, 1.165) is 10.5 Å². The lowest BCUT2D eigenvalue weighted by atomic mass is 9.91. The van der Waals surface area contributed by atoms with Gasteiger partial charge in [-0.3, -0.25) is 9.59 Å². The standard InChI is InChI=1S/C23H16FNO2/c1-15-7-6-9-17(13-15)25-22(26)19-11-4-3-10-18(19)20(23(25)27)14-16-8-2-5-12-21(16)24/h2-14H,1H3/b20-14-. The molecule has 0 aromatic heterocycles. The molecule has 3 aromatic carbocycles. The molecular weight excluding hydrogens is 341 g/mol. The number of hydrogen-bond acceptors (Lipinski definition) is 2. The Bertz CT molecular complexity index is 1100. The topological polar surface area (TPSA) is 37.4 Å². The fourth-order valence-corrected chi connectivity index (χ4v) is 3.24. The van der Waals surface area contributed by atoms with Gasteiger partial charge in [-0.15, -0.1) is 0 Å². The van der Waals surface area contributed by atoms with Crippen molar-refractivity contribution in [2.24, 2.45) is 0 Å². The molecule has 1 aliphatic heterocycles. The molecule has 3 aromatic rings. The Morgan fingerprint density at radius 2 is 1.52 bits per heavy atom. The number of halogens is 1. The maximum absolute atomic E-state index is 14.2. The van der Waals surface area contributed by atoms with Gasteiger partial charge in [0.15, 0.2) is 0 Å². The number of anilines is 1. The quantitative estimate of drug-likeness (QED) is 0.485. The highest BCUT2D eigenvalue weighted by atomic mass is 19.1. The van der Waals surface area contributed by atoms with Crippen LogP contribution in [0.25, 0.3) is 11.6 Å². The average Bonchev–Trinajstić information content (AvgIpc) is 2.67. The highest BCUT2D eigenvalue weighted by Gasteiger charge is 2.35. The smallest absolute Gasteiger partial charge is 0.265 e. The zero-order chi connectivity index (χ0) is 19.0. The molecule has 132 valence electrons. The lowest BCUT2D eigenvalue weighted by molar-refractivity contribution is -0.112. The number of benzene rings is 3. The summed E-state index contributed by atoms with van der Waals surface area (Å²) in [4.78, 5) is 27.4. The van der Waals surface area contributed by atoms with Crippen molar-refractivity contribution in [3.8, 4) is 0 Å². The van der Waals surface area contributed by atoms with Crippen LogP contribution in [0.5, 0.6) is 0 Å². The first-order chi connectivity index (χ1) is 13.1. The van der Waals surface area contributed by atoms with Gasteiger partial charge in [0.05, 0.1) is 5.69 Å². The molecular formula is C23H16FNO2. The van der Waals surface area contributed by atoms with Crippen molar-refractivity contribution in [3.63, 3.8) is 0 Å². The molecule has 0 N–H and O–H groups in total. The SMILES string of the molecule is Cc1cccc(N2C(=O)/C(=C\c3ccccc3F)c3ccccc3C2=O)c1. The number of carbonyl (C=O) groups excluding carboxylic acids is 2. The van der Waals surface area contributed by atoms with E-state index in [1.807, 2.05) is 13.0 Å². The molecule has 27 heavy (non-hydrogen) atoms. The molecule has 4 rings (SSSR count). The van der Waals surface area contributed by atoms with Crippen molar-refractivity contribution in [1.29, 1.82) is 0 Å². The molecule has 4 heteroatoms. The summed E-state index contributed by atoms with van der Waals surface area (Å²) in [6.45, 7) is 1.90. The monoisotopic (exact) mass is 357 g/mol. The molecule has 2 amide bonds. The van der Waals surface area contributed by atoms with Gasteiger partial charge in [0, 0.05) is 16.7 Å². The Morgan fingerprint density at radius 3 is 2.26 bits per heavy atom. The summed E-state index contributed by atoms with van der Waals surface area (Å²) in [5.74, 6) is -1.27. The summed E-state index contributed by atoms with van der Waals surface area (Å²) in [7, 11) is 0. The molecule has 0 atom stereocenters. The van der Waals surface area contributed by atoms with Crippen molar-refractivity contribution in [1.82, 2.24) is 0 Å². The van der Waals surface area contributed by atoms with Crippen molar-refractivity contribution in [3.05, 3.63) is 101 Å². The van der Waals surface area contributed by atoms with Crippen LogP contribution < -0.4 is 4.90 Å². The first-order valence-corrected chi connectivity index (χ1v) is 8.57. The van der Waals surface area contributed by atoms with E-state index in [9.17, 15) is 14.0 Å². The molecule has 1 heterocycles. The molecule has 0 fully saturated rings. The molecule has 0 aliphatic carbocycles. The van der Waals surface area contributed by atoms with Crippen molar-refractivity contribution >= 4 is 29.2 Å². The number of fused-ring (bicyclic) bond motifs is 1. The zero-order valence-electron chi connectivity index (χ0n) is 14.6. The van der Waals surface area contributed by atoms with Gasteiger partial charge >= 0.3 is 0 Å². The second kappa shape index (κ2) is 6.65. The van der Waals surface area contributed by atoms with Crippen LogP contribution in [0.4, 0.5) is 10.1 Å². The summed E-state index contributed by atoms with van der Waals surface area (Å²) in [6, 6.07) is 20.3. The van der Waals surface area contributed by atoms with Crippen LogP contribution in [-0.2, 0) is 4.79 Å². The van der Waals surface area contributed by atoms with Gasteiger partial charge < -0.3 is 0 Å². The number of nitrogens with zero attached hydrogens (tertiary/aromatic N) is 1. The second-order valence-electron chi connectivity index (χ2n) is 6.41. The first kappa shape index (κ1) is 16.9. The third-order valence-corrected chi connectivity index (χ3v) is 4.55. The van der Waals surface area contributed by atoms with Crippen LogP contribution in [0.1, 0.15) is 27.0 Å². The second-order valence-corrected chi connectivity index (χ2v) is 6.41. The molecule has 0 unspecified atom stereocenters. The Kier molecular flexibility index (Phi) is 4.16. The van der Waals surface area contributed by atoms with Crippen molar-refractivity contribution in [2.45, 2.75) is 6.92 Å². The first-order valence-electron chi connectivity index (χ1n) is 8.57. The predicted molar refractivity (Wildman–Crippen MR) is 104 cm³/mol. The molecule has 0 spiro atoms. The number of hydrogen-bond donors (Lipinski definition) is 0. The minimum Gasteiger partial charge on any atom is -0.268 e. The zero-order valence-corrected chi connectivity index (χ0v) is 14.6. The van der Waals surface area contributed by atoms with E-state index in [-0.39, 0.29) is 11.5 Å². The van der Waals surface area contributed by atoms with Gasteiger partial charge in [0.2, 0.25) is 0 Å². The van der Waals surface area contributed by atoms with Crippen LogP contribution >= 0.6 is 0 Å². The molecule has 3 nitrogen and oxygen atoms in total. The molecule has 0 radical (unpaired) electrons. The number of aryl methyl sites for hydroxylation is 1. The van der Waals surface area contributed by atoms with Crippen LogP contribution in [0, 0.1) is 12.7 Å². The van der Waals surface area contributed by atoms with Crippen molar-refractivity contribution < 1.29 is 14.0 Å². The van der Waals surface area contributed by atoms with E-state index < -0.39 is 11.7 Å². The van der Waals surface area contributed by atoms with Crippen LogP contribution in [-0.4, -0.2) is 11.8 Å². The van der Waals surface area contributed by atoms with Crippen molar-refractivity contribution in [2.75, 3.05) is 4.90 Å². The number of rotatable bonds is 2. The summed E-state index contributed by atoms with van der Waals surface area (Å²) in [6.07, 6.45) is 1.51. The minimum absolute atomic E-state index is 0.289. The Hall–Kier alpha value is -3.53. The maximum atomic E-state index is 14.2. The van der Waals surface area contributed by atoms with Gasteiger partial charge in [0.1, 0.15) is 5.82 Å². The summed E-state index contributed by atoms with van der Waals surface area (Å²) in [5.41, 5.74) is 2.96. The predicted octanol–water partition coefficient (Wildman–Crippen LogP) is 4.86. The molecule has 0 saturated heterocycles. The van der Waals surface area contributed by atoms with Crippen LogP contribution in [0.3, 0.4) is 0 Å². The number of imide groups is 1. The lowest BCUT2D eigenvalue weighted by Crippen LogP contribution is -2.41. The van der Waals surface area contributed by atoms with E-state index in [1.165, 1.54) is 12.1 Å². The maximum Gasteiger partial charge on any atom is 0.265 e. The summed E-state index contributed by atoms with van der Waals surface area (Å²) < 4.78 is 14.2. The van der Waals surface area contributed by atoms with Gasteiger partial charge in [-0.05, 0) is 48.4 Å². The highest BCUT2D eigenvalue weighted by Crippen LogP contribution is 2.33. The lowest BCUT2D eigenvalue weighted by Gasteiger charge is -2.29. The Morgan fingerprint density at radius 1 is 0.815 bits per heavy atom. The van der Waals surface area contributed by atoms with Gasteiger partial charge in [0.25, 0.3) is 11.8 Å². The third kappa shape index (κ3) is 2.95. The van der Waals surface area contributed by atoms with Gasteiger partial charge in [-0.2, -0.15) is 0 Å². The Balaban J connectivity index is 1.93. The summed E-state index contributed by atoms with van der Waals surface area (Å²) in [5, 5.41) is 0. The van der Waals surface area contributed by atoms with E-state index in [4.69, 9.17) is 0 Å². The highest BCUT2D eigenvalue weighted by molar-refractivity contribution is 6.43. The van der Waals surface area contributed by atoms with E-state index >= 15 is 0 Å². The van der Waals surface area contributed by atoms with E-state index in [1.54, 1.807) is 60.7 Å². The minimum atomic E-state index is -0.465. The molecule has 1 aliphatic rings. The Labute approximate surface area is 156 Å². The van der Waals surface area contributed by atoms with E-state index in [0.29, 0.717) is 22.4 Å². The van der Waals surface area contributed by atoms with Crippen LogP contribution in [0.2, 0.25) is 0 Å². The van der Waals surface area contributed by atoms with Gasteiger partial charge in [-0.1, -0.05) is 48.5 Å². The largest absolute Gasteiger partial charge is 0.268 e. The number of carbonyl (C=O) groups is 2. The number of amides is 2. The fourth-order valence-electron chi connectivity index (χ4n) is 3.24.